The summed E-state index contributed by atoms with van der Waals surface area (Å²) in [5.74, 6) is -1.65. The maximum absolute atomic E-state index is 9.95. The summed E-state index contributed by atoms with van der Waals surface area (Å²) in [5, 5.41) is 16.4. The van der Waals surface area contributed by atoms with E-state index in [0.717, 1.165) is 0 Å². The Labute approximate surface area is 85.2 Å². The van der Waals surface area contributed by atoms with Crippen molar-refractivity contribution >= 4 is 14.5 Å². The minimum absolute atomic E-state index is 0.661. The van der Waals surface area contributed by atoms with E-state index in [4.69, 9.17) is 10.2 Å². The molecule has 4 nitrogen and oxygen atoms in total. The maximum atomic E-state index is 9.95. The van der Waals surface area contributed by atoms with Crippen molar-refractivity contribution in [3.05, 3.63) is 48.5 Å². The van der Waals surface area contributed by atoms with Crippen molar-refractivity contribution in [2.75, 3.05) is 0 Å². The quantitative estimate of drug-likeness (QED) is 0.503. The third-order valence-electron chi connectivity index (χ3n) is 1.40. The van der Waals surface area contributed by atoms with Crippen molar-refractivity contribution in [1.82, 2.24) is 0 Å². The van der Waals surface area contributed by atoms with Crippen molar-refractivity contribution < 1.29 is 10.2 Å². The van der Waals surface area contributed by atoms with Crippen LogP contribution in [0.4, 0.5) is 0 Å². The van der Waals surface area contributed by atoms with Crippen LogP contribution in [0.5, 0.6) is 11.5 Å². The summed E-state index contributed by atoms with van der Waals surface area (Å²) in [6.07, 6.45) is 0. The molecule has 0 spiro atoms. The van der Waals surface area contributed by atoms with Crippen LogP contribution in [-0.4, -0.2) is 24.7 Å². The SMILES string of the molecule is O=c1c(O)c(O)c1=O.c1cc[se+]cc1. The molecule has 1 aromatic carbocycles. The Balaban J connectivity index is 0.000000146. The average molecular weight is 258 g/mol. The normalized spacial score (nSPS) is 9.14. The fraction of sp³-hybridized carbons (Fsp3) is 0. The second kappa shape index (κ2) is 4.69. The van der Waals surface area contributed by atoms with E-state index in [2.05, 4.69) is 22.0 Å². The molecule has 2 N–H and O–H groups in total. The molecule has 14 heavy (non-hydrogen) atoms. The van der Waals surface area contributed by atoms with E-state index in [-0.39, 0.29) is 0 Å². The molecule has 0 aliphatic heterocycles. The van der Waals surface area contributed by atoms with Gasteiger partial charge in [-0.3, -0.25) is 9.59 Å². The van der Waals surface area contributed by atoms with Crippen LogP contribution < -0.4 is 10.9 Å². The summed E-state index contributed by atoms with van der Waals surface area (Å²) in [5.41, 5.74) is -2.02. The summed E-state index contributed by atoms with van der Waals surface area (Å²) in [4.78, 5) is 24.3. The first-order chi connectivity index (χ1) is 6.64. The van der Waals surface area contributed by atoms with Gasteiger partial charge in [0.25, 0.3) is 10.9 Å². The summed E-state index contributed by atoms with van der Waals surface area (Å²) < 4.78 is 0. The van der Waals surface area contributed by atoms with E-state index >= 15 is 0 Å². The molecule has 0 amide bonds. The van der Waals surface area contributed by atoms with Gasteiger partial charge in [0, 0.05) is 0 Å². The predicted molar refractivity (Wildman–Crippen MR) is 52.5 cm³/mol. The molecule has 2 aromatic rings. The second-order valence-electron chi connectivity index (χ2n) is 2.34. The van der Waals surface area contributed by atoms with E-state index < -0.39 is 22.4 Å². The molecule has 0 fully saturated rings. The second-order valence-corrected chi connectivity index (χ2v) is 4.05. The van der Waals surface area contributed by atoms with Crippen molar-refractivity contribution in [3.8, 4) is 11.5 Å². The Morgan fingerprint density at radius 1 is 0.857 bits per heavy atom. The molecule has 0 atom stereocenters. The van der Waals surface area contributed by atoms with Gasteiger partial charge in [-0.15, -0.1) is 0 Å². The van der Waals surface area contributed by atoms with Crippen molar-refractivity contribution in [3.63, 3.8) is 0 Å². The van der Waals surface area contributed by atoms with Crippen LogP contribution in [0.1, 0.15) is 0 Å². The van der Waals surface area contributed by atoms with E-state index in [9.17, 15) is 9.59 Å². The Bertz CT molecular complexity index is 414. The van der Waals surface area contributed by atoms with E-state index in [1.54, 1.807) is 0 Å². The molecule has 0 saturated carbocycles. The summed E-state index contributed by atoms with van der Waals surface area (Å²) in [6, 6.07) is 6.21. The van der Waals surface area contributed by atoms with Crippen LogP contribution in [0.15, 0.2) is 37.7 Å². The first-order valence-electron chi connectivity index (χ1n) is 3.66. The zero-order valence-corrected chi connectivity index (χ0v) is 8.72. The van der Waals surface area contributed by atoms with Crippen LogP contribution in [0.2, 0.25) is 0 Å². The molecular weight excluding hydrogens is 251 g/mol. The molecule has 1 heterocycles. The molecule has 0 unspecified atom stereocenters. The molecule has 0 aliphatic carbocycles. The van der Waals surface area contributed by atoms with Gasteiger partial charge in [0.1, 0.15) is 0 Å². The number of hydrogen-bond donors (Lipinski definition) is 2. The zero-order chi connectivity index (χ0) is 10.6. The topological polar surface area (TPSA) is 74.6 Å². The first kappa shape index (κ1) is 10.6. The van der Waals surface area contributed by atoms with Gasteiger partial charge in [0.15, 0.2) is 0 Å². The fourth-order valence-electron chi connectivity index (χ4n) is 0.659. The summed E-state index contributed by atoms with van der Waals surface area (Å²) in [7, 11) is 0. The molecule has 72 valence electrons. The van der Waals surface area contributed by atoms with Gasteiger partial charge < -0.3 is 10.2 Å². The number of rotatable bonds is 0. The molecular formula is C9H7O4Se+. The van der Waals surface area contributed by atoms with Crippen molar-refractivity contribution in [2.24, 2.45) is 0 Å². The fourth-order valence-corrected chi connectivity index (χ4v) is 1.61. The minimum atomic E-state index is -1.01. The summed E-state index contributed by atoms with van der Waals surface area (Å²) in [6.45, 7) is 0. The number of aromatic hydroxyl groups is 2. The zero-order valence-electron chi connectivity index (χ0n) is 7.01. The van der Waals surface area contributed by atoms with Crippen LogP contribution in [-0.2, 0) is 0 Å². The van der Waals surface area contributed by atoms with Gasteiger partial charge in [-0.05, 0) is 0 Å². The van der Waals surface area contributed by atoms with Crippen LogP contribution in [0.3, 0.4) is 0 Å². The Morgan fingerprint density at radius 3 is 1.43 bits per heavy atom. The predicted octanol–water partition coefficient (Wildman–Crippen LogP) is -0.282. The molecule has 2 rings (SSSR count). The van der Waals surface area contributed by atoms with E-state index in [0.29, 0.717) is 14.5 Å². The van der Waals surface area contributed by atoms with E-state index in [1.165, 1.54) is 0 Å². The Hall–Kier alpha value is -1.45. The van der Waals surface area contributed by atoms with Gasteiger partial charge in [0.2, 0.25) is 11.5 Å². The summed E-state index contributed by atoms with van der Waals surface area (Å²) >= 11 is 0.661. The van der Waals surface area contributed by atoms with Gasteiger partial charge >= 0.3 is 42.6 Å². The first-order valence-corrected chi connectivity index (χ1v) is 5.64. The molecule has 0 radical (unpaired) electrons. The van der Waals surface area contributed by atoms with Gasteiger partial charge in [0.05, 0.1) is 0 Å². The Kier molecular flexibility index (Phi) is 3.56. The molecule has 5 heteroatoms. The van der Waals surface area contributed by atoms with Crippen molar-refractivity contribution in [1.29, 1.82) is 0 Å². The van der Waals surface area contributed by atoms with Gasteiger partial charge in [-0.1, -0.05) is 0 Å². The van der Waals surface area contributed by atoms with E-state index in [1.807, 2.05) is 6.07 Å². The van der Waals surface area contributed by atoms with Crippen molar-refractivity contribution in [2.45, 2.75) is 0 Å². The standard InChI is InChI=1S/C5H5Se.C4H2O4/c1-2-4-6-5-3-1;5-1-2(6)4(8)3(1)7/h1-5H;5-6H/q+1;. The van der Waals surface area contributed by atoms with Gasteiger partial charge in [-0.2, -0.15) is 0 Å². The third-order valence-corrected chi connectivity index (χ3v) is 2.72. The van der Waals surface area contributed by atoms with Crippen LogP contribution in [0.25, 0.3) is 0 Å². The third kappa shape index (κ3) is 2.28. The molecule has 0 aliphatic rings. The number of hydrogen-bond acceptors (Lipinski definition) is 4. The van der Waals surface area contributed by atoms with Crippen LogP contribution in [0, 0.1) is 0 Å². The van der Waals surface area contributed by atoms with Gasteiger partial charge in [-0.25, -0.2) is 0 Å². The Morgan fingerprint density at radius 2 is 1.29 bits per heavy atom. The molecule has 0 bridgehead atoms. The monoisotopic (exact) mass is 259 g/mol. The van der Waals surface area contributed by atoms with Crippen LogP contribution >= 0.6 is 0 Å². The molecule has 1 aromatic heterocycles. The molecule has 0 saturated heterocycles. The average Bonchev–Trinajstić information content (AvgIpc) is 2.29.